The van der Waals surface area contributed by atoms with Crippen LogP contribution in [0.5, 0.6) is 0 Å². The largest absolute Gasteiger partial charge is 0.320 e. The van der Waals surface area contributed by atoms with Gasteiger partial charge in [0, 0.05) is 36.4 Å². The number of nitrogens with one attached hydrogen (secondary N) is 1. The highest BCUT2D eigenvalue weighted by molar-refractivity contribution is 7.11. The van der Waals surface area contributed by atoms with Crippen LogP contribution in [0.15, 0.2) is 29.6 Å². The Bertz CT molecular complexity index is 1050. The van der Waals surface area contributed by atoms with Gasteiger partial charge in [-0.3, -0.25) is 19.4 Å². The number of hydrogen-bond donors (Lipinski definition) is 1. The van der Waals surface area contributed by atoms with Crippen LogP contribution in [-0.4, -0.2) is 85.9 Å². The summed E-state index contributed by atoms with van der Waals surface area (Å²) in [4.78, 5) is 36.6. The molecule has 1 aromatic carbocycles. The molecule has 0 spiro atoms. The molecule has 4 heterocycles. The molecular weight excluding hydrogens is 458 g/mol. The van der Waals surface area contributed by atoms with Crippen LogP contribution < -0.4 is 10.2 Å². The summed E-state index contributed by atoms with van der Waals surface area (Å²) in [5, 5.41) is 4.85. The number of nitrogens with zero attached hydrogens (tertiary/aromatic N) is 4. The van der Waals surface area contributed by atoms with Crippen LogP contribution in [0.3, 0.4) is 0 Å². The molecule has 3 aliphatic rings. The van der Waals surface area contributed by atoms with E-state index in [1.54, 1.807) is 4.90 Å². The Morgan fingerprint density at radius 2 is 1.80 bits per heavy atom. The zero-order valence-electron chi connectivity index (χ0n) is 21.0. The fraction of sp³-hybridized carbons (Fsp3) is 0.556. The van der Waals surface area contributed by atoms with Crippen molar-refractivity contribution in [2.75, 3.05) is 69.6 Å². The molecule has 0 atom stereocenters. The van der Waals surface area contributed by atoms with Gasteiger partial charge >= 0.3 is 0 Å². The molecule has 2 aromatic rings. The van der Waals surface area contributed by atoms with E-state index in [9.17, 15) is 9.59 Å². The van der Waals surface area contributed by atoms with E-state index in [1.807, 2.05) is 36.6 Å². The Balaban J connectivity index is 1.18. The van der Waals surface area contributed by atoms with E-state index in [4.69, 9.17) is 0 Å². The van der Waals surface area contributed by atoms with Crippen LogP contribution in [0.1, 0.15) is 40.9 Å². The molecule has 3 aliphatic heterocycles. The monoisotopic (exact) mass is 495 g/mol. The molecule has 0 aliphatic carbocycles. The number of benzene rings is 1. The lowest BCUT2D eigenvalue weighted by atomic mass is 9.92. The van der Waals surface area contributed by atoms with E-state index in [0.717, 1.165) is 48.1 Å². The lowest BCUT2D eigenvalue weighted by molar-refractivity contribution is -0.119. The number of amides is 2. The second-order valence-electron chi connectivity index (χ2n) is 10.3. The van der Waals surface area contributed by atoms with Gasteiger partial charge in [-0.05, 0) is 77.3 Å². The number of fused-ring (bicyclic) bond motifs is 2. The quantitative estimate of drug-likeness (QED) is 0.656. The van der Waals surface area contributed by atoms with Crippen LogP contribution in [0.2, 0.25) is 0 Å². The number of aryl methyl sites for hydroxylation is 1. The molecule has 2 saturated heterocycles. The fourth-order valence-corrected chi connectivity index (χ4v) is 6.43. The highest BCUT2D eigenvalue weighted by Gasteiger charge is 2.33. The number of para-hydroxylation sites is 2. The first-order valence-electron chi connectivity index (χ1n) is 12.9. The maximum absolute atomic E-state index is 13.7. The molecule has 7 nitrogen and oxygen atoms in total. The van der Waals surface area contributed by atoms with Gasteiger partial charge in [0.15, 0.2) is 0 Å². The van der Waals surface area contributed by atoms with Gasteiger partial charge in [0.05, 0.1) is 29.2 Å². The van der Waals surface area contributed by atoms with Crippen molar-refractivity contribution in [2.45, 2.75) is 32.6 Å². The van der Waals surface area contributed by atoms with Gasteiger partial charge < -0.3 is 15.1 Å². The molecule has 35 heavy (non-hydrogen) atoms. The average molecular weight is 496 g/mol. The Morgan fingerprint density at radius 3 is 2.57 bits per heavy atom. The molecule has 1 aromatic heterocycles. The lowest BCUT2D eigenvalue weighted by Gasteiger charge is -2.34. The summed E-state index contributed by atoms with van der Waals surface area (Å²) in [5.74, 6) is 0.648. The van der Waals surface area contributed by atoms with Crippen molar-refractivity contribution in [2.24, 2.45) is 5.92 Å². The summed E-state index contributed by atoms with van der Waals surface area (Å²) in [7, 11) is 2.21. The van der Waals surface area contributed by atoms with Crippen LogP contribution in [0.4, 0.5) is 17.1 Å². The molecule has 2 amide bonds. The maximum Gasteiger partial charge on any atom is 0.258 e. The number of likely N-dealkylation sites (tertiary alicyclic amines) is 1. The predicted molar refractivity (Wildman–Crippen MR) is 143 cm³/mol. The van der Waals surface area contributed by atoms with E-state index in [-0.39, 0.29) is 11.8 Å². The minimum absolute atomic E-state index is 0.0326. The van der Waals surface area contributed by atoms with Crippen molar-refractivity contribution in [1.29, 1.82) is 0 Å². The zero-order chi connectivity index (χ0) is 24.4. The van der Waals surface area contributed by atoms with Gasteiger partial charge in [0.1, 0.15) is 0 Å². The molecule has 0 bridgehead atoms. The summed E-state index contributed by atoms with van der Waals surface area (Å²) in [6.07, 6.45) is 4.89. The molecule has 0 unspecified atom stereocenters. The zero-order valence-corrected chi connectivity index (χ0v) is 21.8. The second kappa shape index (κ2) is 10.8. The Morgan fingerprint density at radius 1 is 1.06 bits per heavy atom. The van der Waals surface area contributed by atoms with Gasteiger partial charge in [0.25, 0.3) is 5.91 Å². The average Bonchev–Trinajstić information content (AvgIpc) is 3.17. The van der Waals surface area contributed by atoms with E-state index in [0.29, 0.717) is 17.8 Å². The molecular formula is C27H37N5O2S. The van der Waals surface area contributed by atoms with E-state index < -0.39 is 0 Å². The van der Waals surface area contributed by atoms with Gasteiger partial charge in [-0.2, -0.15) is 0 Å². The normalized spacial score (nSPS) is 20.3. The topological polar surface area (TPSA) is 59.1 Å². The summed E-state index contributed by atoms with van der Waals surface area (Å²) >= 11 is 1.52. The molecule has 0 saturated carbocycles. The highest BCUT2D eigenvalue weighted by atomic mass is 32.1. The summed E-state index contributed by atoms with van der Waals surface area (Å²) in [6, 6.07) is 7.60. The van der Waals surface area contributed by atoms with Gasteiger partial charge in [0.2, 0.25) is 5.91 Å². The fourth-order valence-electron chi connectivity index (χ4n) is 5.60. The predicted octanol–water partition coefficient (Wildman–Crippen LogP) is 4.03. The van der Waals surface area contributed by atoms with Crippen LogP contribution in [-0.2, 0) is 4.79 Å². The van der Waals surface area contributed by atoms with Gasteiger partial charge in [-0.1, -0.05) is 12.1 Å². The molecule has 8 heteroatoms. The number of piperidine rings is 1. The second-order valence-corrected chi connectivity index (χ2v) is 11.3. The highest BCUT2D eigenvalue weighted by Crippen LogP contribution is 2.42. The number of anilines is 3. The van der Waals surface area contributed by atoms with Crippen molar-refractivity contribution in [3.63, 3.8) is 0 Å². The van der Waals surface area contributed by atoms with E-state index in [1.165, 1.54) is 56.9 Å². The number of carbonyl (C=O) groups is 2. The number of thiophene rings is 1. The molecule has 0 radical (unpaired) electrons. The van der Waals surface area contributed by atoms with Crippen LogP contribution in [0.25, 0.3) is 0 Å². The number of piperazine rings is 1. The van der Waals surface area contributed by atoms with Crippen molar-refractivity contribution >= 4 is 40.2 Å². The van der Waals surface area contributed by atoms with Crippen molar-refractivity contribution in [3.8, 4) is 0 Å². The molecule has 188 valence electrons. The lowest BCUT2D eigenvalue weighted by Crippen LogP contribution is -2.45. The first kappa shape index (κ1) is 24.4. The first-order valence-corrected chi connectivity index (χ1v) is 13.8. The van der Waals surface area contributed by atoms with E-state index in [2.05, 4.69) is 27.1 Å². The third kappa shape index (κ3) is 5.45. The maximum atomic E-state index is 13.7. The Kier molecular flexibility index (Phi) is 7.53. The summed E-state index contributed by atoms with van der Waals surface area (Å²) < 4.78 is 0. The summed E-state index contributed by atoms with van der Waals surface area (Å²) in [6.45, 7) is 10.3. The Hall–Kier alpha value is -2.26. The first-order chi connectivity index (χ1) is 17.0. The third-order valence-electron chi connectivity index (χ3n) is 7.80. The van der Waals surface area contributed by atoms with Crippen molar-refractivity contribution in [3.05, 3.63) is 40.1 Å². The van der Waals surface area contributed by atoms with Gasteiger partial charge in [-0.25, -0.2) is 0 Å². The van der Waals surface area contributed by atoms with E-state index >= 15 is 0 Å². The summed E-state index contributed by atoms with van der Waals surface area (Å²) in [5.41, 5.74) is 2.76. The van der Waals surface area contributed by atoms with Crippen molar-refractivity contribution < 1.29 is 9.59 Å². The number of rotatable bonds is 6. The molecule has 5 rings (SSSR count). The van der Waals surface area contributed by atoms with Crippen LogP contribution in [0, 0.1) is 12.8 Å². The van der Waals surface area contributed by atoms with Crippen molar-refractivity contribution in [1.82, 2.24) is 14.7 Å². The van der Waals surface area contributed by atoms with Crippen LogP contribution >= 0.6 is 11.3 Å². The molecule has 2 fully saturated rings. The SMILES string of the molecule is Cc1scc2c1N(C(=O)CN1CCC(CCCN3CCN(C)CC3)CC1)c1ccccc1NC2=O. The smallest absolute Gasteiger partial charge is 0.258 e. The number of likely N-dealkylation sites (N-methyl/N-ethyl adjacent to an activating group) is 1. The molecule has 1 N–H and O–H groups in total. The number of carbonyl (C=O) groups excluding carboxylic acids is 2. The minimum atomic E-state index is -0.149. The minimum Gasteiger partial charge on any atom is -0.320 e. The van der Waals surface area contributed by atoms with Gasteiger partial charge in [-0.15, -0.1) is 11.3 Å². The number of hydrogen-bond acceptors (Lipinski definition) is 6. The Labute approximate surface area is 212 Å². The standard InChI is InChI=1S/C27H37N5O2S/c1-20-26-22(19-35-20)27(34)28-23-7-3-4-8-24(23)32(26)25(33)18-31-12-9-21(10-13-31)6-5-11-30-16-14-29(2)15-17-30/h3-4,7-8,19,21H,5-6,9-18H2,1-2H3,(H,28,34). The third-order valence-corrected chi connectivity index (χ3v) is 8.70.